The van der Waals surface area contributed by atoms with Crippen LogP contribution in [0.1, 0.15) is 34.7 Å². The molecule has 1 unspecified atom stereocenters. The first kappa shape index (κ1) is 38.7. The van der Waals surface area contributed by atoms with Gasteiger partial charge in [-0.05, 0) is 106 Å². The third-order valence-electron chi connectivity index (χ3n) is 9.93. The molecule has 0 aromatic heterocycles. The normalized spacial score (nSPS) is 14.3. The first-order chi connectivity index (χ1) is 27.6. The highest BCUT2D eigenvalue weighted by atomic mass is 14.9. The molecular weight excluding hydrogens is 679 g/mol. The van der Waals surface area contributed by atoms with Crippen LogP contribution in [0.3, 0.4) is 0 Å². The van der Waals surface area contributed by atoms with Crippen molar-refractivity contribution in [2.75, 3.05) is 17.7 Å². The molecule has 6 aromatic rings. The Hall–Kier alpha value is -6.97. The van der Waals surface area contributed by atoms with Crippen LogP contribution in [-0.2, 0) is 11.8 Å². The molecule has 6 aromatic carbocycles. The summed E-state index contributed by atoms with van der Waals surface area (Å²) < 4.78 is 0. The minimum Gasteiger partial charge on any atom is -0.361 e. The van der Waals surface area contributed by atoms with E-state index in [-0.39, 0.29) is 0 Å². The van der Waals surface area contributed by atoms with E-state index in [9.17, 15) is 0 Å². The van der Waals surface area contributed by atoms with Crippen LogP contribution in [0.15, 0.2) is 224 Å². The molecule has 276 valence electrons. The highest BCUT2D eigenvalue weighted by molar-refractivity contribution is 5.90. The zero-order valence-corrected chi connectivity index (χ0v) is 32.3. The van der Waals surface area contributed by atoms with Gasteiger partial charge in [0, 0.05) is 36.7 Å². The van der Waals surface area contributed by atoms with Gasteiger partial charge in [-0.15, -0.1) is 0 Å². The fourth-order valence-corrected chi connectivity index (χ4v) is 7.57. The largest absolute Gasteiger partial charge is 0.361 e. The molecule has 0 amide bonds. The van der Waals surface area contributed by atoms with Gasteiger partial charge in [0.1, 0.15) is 0 Å². The standard InChI is InChI=1S/C51H44N2.C2H5N/c1-4-6-8-21-35-52-50-32-20-18-30-47(50)51(38(3)22-10-7-5-2)46-29-17-16-28-44(46)45-34-33-40(37-48(45)51)43-27-15-13-23-39(43)36-41-24-14-19-31-49(41)53-42-25-11-9-12-26-42;1-3-2/h4-35,37,52-53H,1,3,36H2,2H3;1H2,2H3/b7-5-,8-6-,22-10-,35-21-;. The minimum absolute atomic E-state index is 0.657. The molecule has 0 aliphatic heterocycles. The predicted octanol–water partition coefficient (Wildman–Crippen LogP) is 13.7. The van der Waals surface area contributed by atoms with Crippen LogP contribution in [0.4, 0.5) is 17.1 Å². The van der Waals surface area contributed by atoms with Gasteiger partial charge in [0.25, 0.3) is 0 Å². The highest BCUT2D eigenvalue weighted by Crippen LogP contribution is 2.58. The number of para-hydroxylation sites is 3. The van der Waals surface area contributed by atoms with Gasteiger partial charge in [-0.25, -0.2) is 0 Å². The third kappa shape index (κ3) is 8.23. The van der Waals surface area contributed by atoms with E-state index in [2.05, 4.69) is 187 Å². The summed E-state index contributed by atoms with van der Waals surface area (Å²) >= 11 is 0. The number of hydrogen-bond acceptors (Lipinski definition) is 3. The molecule has 0 fully saturated rings. The van der Waals surface area contributed by atoms with Crippen molar-refractivity contribution < 1.29 is 0 Å². The molecule has 0 saturated heterocycles. The van der Waals surface area contributed by atoms with Gasteiger partial charge in [-0.3, -0.25) is 0 Å². The van der Waals surface area contributed by atoms with Crippen molar-refractivity contribution >= 4 is 23.8 Å². The molecule has 3 nitrogen and oxygen atoms in total. The van der Waals surface area contributed by atoms with Crippen molar-refractivity contribution in [2.45, 2.75) is 18.8 Å². The van der Waals surface area contributed by atoms with Gasteiger partial charge in [0.2, 0.25) is 0 Å². The molecule has 1 aliphatic carbocycles. The summed E-state index contributed by atoms with van der Waals surface area (Å²) in [7, 11) is 1.64. The topological polar surface area (TPSA) is 36.4 Å². The number of nitrogens with one attached hydrogen (secondary N) is 2. The Morgan fingerprint density at radius 1 is 0.625 bits per heavy atom. The van der Waals surface area contributed by atoms with E-state index in [0.717, 1.165) is 34.6 Å². The molecule has 2 N–H and O–H groups in total. The van der Waals surface area contributed by atoms with Crippen molar-refractivity contribution in [1.82, 2.24) is 0 Å². The van der Waals surface area contributed by atoms with E-state index in [1.165, 1.54) is 44.5 Å². The molecule has 7 rings (SSSR count). The Balaban J connectivity index is 0.00000172. The number of rotatable bonds is 13. The predicted molar refractivity (Wildman–Crippen MR) is 243 cm³/mol. The van der Waals surface area contributed by atoms with Crippen LogP contribution in [0.5, 0.6) is 0 Å². The molecule has 3 heteroatoms. The molecule has 0 bridgehead atoms. The maximum atomic E-state index is 4.84. The number of hydrogen-bond donors (Lipinski definition) is 2. The summed E-state index contributed by atoms with van der Waals surface area (Å²) in [6, 6.07) is 52.2. The summed E-state index contributed by atoms with van der Waals surface area (Å²) in [4.78, 5) is 3.25. The number of anilines is 3. The minimum atomic E-state index is -0.657. The number of allylic oxidation sites excluding steroid dienone is 9. The molecule has 1 aliphatic rings. The Morgan fingerprint density at radius 2 is 1.25 bits per heavy atom. The van der Waals surface area contributed by atoms with Gasteiger partial charge in [-0.1, -0.05) is 171 Å². The molecule has 0 radical (unpaired) electrons. The average molecular weight is 728 g/mol. The van der Waals surface area contributed by atoms with E-state index in [4.69, 9.17) is 6.58 Å². The smallest absolute Gasteiger partial charge is 0.0728 e. The molecule has 0 saturated carbocycles. The van der Waals surface area contributed by atoms with E-state index < -0.39 is 5.41 Å². The van der Waals surface area contributed by atoms with Gasteiger partial charge in [-0.2, -0.15) is 0 Å². The number of aliphatic imine (C=N–C) groups is 1. The lowest BCUT2D eigenvalue weighted by molar-refractivity contribution is 0.773. The van der Waals surface area contributed by atoms with Crippen LogP contribution < -0.4 is 10.6 Å². The first-order valence-electron chi connectivity index (χ1n) is 18.9. The highest BCUT2D eigenvalue weighted by Gasteiger charge is 2.47. The van der Waals surface area contributed by atoms with Gasteiger partial charge in [0.05, 0.1) is 5.41 Å². The van der Waals surface area contributed by atoms with Crippen LogP contribution >= 0.6 is 0 Å². The second-order valence-electron chi connectivity index (χ2n) is 13.4. The van der Waals surface area contributed by atoms with E-state index >= 15 is 0 Å². The zero-order valence-electron chi connectivity index (χ0n) is 32.3. The van der Waals surface area contributed by atoms with Crippen molar-refractivity contribution in [2.24, 2.45) is 4.99 Å². The van der Waals surface area contributed by atoms with Crippen molar-refractivity contribution in [1.29, 1.82) is 0 Å². The molecule has 0 heterocycles. The summed E-state index contributed by atoms with van der Waals surface area (Å²) in [5.74, 6) is 0. The number of benzene rings is 6. The number of nitrogens with zero attached hydrogens (tertiary/aromatic N) is 1. The fourth-order valence-electron chi connectivity index (χ4n) is 7.57. The first-order valence-corrected chi connectivity index (χ1v) is 18.9. The Kier molecular flexibility index (Phi) is 13.1. The maximum Gasteiger partial charge on any atom is 0.0728 e. The van der Waals surface area contributed by atoms with Gasteiger partial charge < -0.3 is 15.6 Å². The van der Waals surface area contributed by atoms with Crippen molar-refractivity contribution in [3.8, 4) is 22.3 Å². The quantitative estimate of drug-likeness (QED) is 0.0918. The third-order valence-corrected chi connectivity index (χ3v) is 9.93. The summed E-state index contributed by atoms with van der Waals surface area (Å²) in [6.45, 7) is 13.8. The van der Waals surface area contributed by atoms with Crippen molar-refractivity contribution in [3.05, 3.63) is 247 Å². The molecular formula is C53H49N3. The van der Waals surface area contributed by atoms with Crippen LogP contribution in [0, 0.1) is 0 Å². The summed E-state index contributed by atoms with van der Waals surface area (Å²) in [5, 5.41) is 7.26. The van der Waals surface area contributed by atoms with E-state index in [0.29, 0.717) is 0 Å². The van der Waals surface area contributed by atoms with Gasteiger partial charge >= 0.3 is 0 Å². The molecule has 0 spiro atoms. The zero-order chi connectivity index (χ0) is 39.2. The second kappa shape index (κ2) is 18.9. The van der Waals surface area contributed by atoms with Crippen LogP contribution in [0.2, 0.25) is 0 Å². The van der Waals surface area contributed by atoms with Crippen LogP contribution in [0.25, 0.3) is 22.3 Å². The molecule has 1 atom stereocenters. The van der Waals surface area contributed by atoms with Crippen molar-refractivity contribution in [3.63, 3.8) is 0 Å². The lowest BCUT2D eigenvalue weighted by Gasteiger charge is -2.36. The lowest BCUT2D eigenvalue weighted by Crippen LogP contribution is -2.29. The van der Waals surface area contributed by atoms with E-state index in [1.54, 1.807) is 13.1 Å². The fraction of sp³-hybridized carbons (Fsp3) is 0.0755. The van der Waals surface area contributed by atoms with Gasteiger partial charge in [0.15, 0.2) is 0 Å². The molecule has 56 heavy (non-hydrogen) atoms. The average Bonchev–Trinajstić information content (AvgIpc) is 3.53. The SMILES string of the molecule is C=C/C=C\C=C/Nc1ccccc1C1(C(=C)/C=C\C=C/C)c2ccccc2-c2ccc(-c3ccccc3Cc3ccccc3Nc3ccccc3)cc21.C=NC. The Bertz CT molecular complexity index is 2430. The van der Waals surface area contributed by atoms with E-state index in [1.807, 2.05) is 43.5 Å². The summed E-state index contributed by atoms with van der Waals surface area (Å²) in [5.41, 5.74) is 14.5. The number of fused-ring (bicyclic) bond motifs is 3. The Morgan fingerprint density at radius 3 is 2.00 bits per heavy atom. The lowest BCUT2D eigenvalue weighted by atomic mass is 9.66. The summed E-state index contributed by atoms with van der Waals surface area (Å²) in [6.07, 6.45) is 18.8. The second-order valence-corrected chi connectivity index (χ2v) is 13.4. The monoisotopic (exact) mass is 727 g/mol. The maximum absolute atomic E-state index is 4.84. The van der Waals surface area contributed by atoms with Crippen LogP contribution in [-0.4, -0.2) is 13.8 Å². The Labute approximate surface area is 333 Å².